The molecule has 100 valence electrons. The summed E-state index contributed by atoms with van der Waals surface area (Å²) in [7, 11) is 0. The third-order valence-corrected chi connectivity index (χ3v) is 4.45. The van der Waals surface area contributed by atoms with Gasteiger partial charge in [-0.05, 0) is 18.6 Å². The zero-order valence-corrected chi connectivity index (χ0v) is 11.7. The minimum Gasteiger partial charge on any atom is -0.356 e. The zero-order chi connectivity index (χ0) is 13.2. The van der Waals surface area contributed by atoms with Gasteiger partial charge in [-0.3, -0.25) is 4.79 Å². The van der Waals surface area contributed by atoms with Crippen molar-refractivity contribution in [1.82, 2.24) is 10.3 Å². The maximum Gasteiger partial charge on any atom is 0.226 e. The first-order chi connectivity index (χ1) is 9.28. The third kappa shape index (κ3) is 2.42. The topological polar surface area (TPSA) is 45.2 Å². The van der Waals surface area contributed by atoms with E-state index in [2.05, 4.69) is 28.2 Å². The molecule has 5 heteroatoms. The predicted molar refractivity (Wildman–Crippen MR) is 78.6 cm³/mol. The highest BCUT2D eigenvalue weighted by atomic mass is 32.1. The van der Waals surface area contributed by atoms with Crippen LogP contribution in [-0.2, 0) is 4.79 Å². The van der Waals surface area contributed by atoms with E-state index in [0.29, 0.717) is 0 Å². The van der Waals surface area contributed by atoms with Gasteiger partial charge in [-0.25, -0.2) is 4.98 Å². The van der Waals surface area contributed by atoms with Crippen molar-refractivity contribution in [3.8, 4) is 0 Å². The minimum atomic E-state index is 0.124. The Bertz CT molecular complexity index is 556. The lowest BCUT2D eigenvalue weighted by molar-refractivity contribution is -0.125. The summed E-state index contributed by atoms with van der Waals surface area (Å²) in [4.78, 5) is 18.6. The lowest BCUT2D eigenvalue weighted by Crippen LogP contribution is -2.53. The van der Waals surface area contributed by atoms with Crippen molar-refractivity contribution in [2.24, 2.45) is 5.92 Å². The van der Waals surface area contributed by atoms with Crippen LogP contribution >= 0.6 is 11.3 Å². The number of aromatic nitrogens is 1. The number of para-hydroxylation sites is 1. The van der Waals surface area contributed by atoms with Crippen molar-refractivity contribution >= 4 is 32.6 Å². The van der Waals surface area contributed by atoms with Crippen LogP contribution in [0.1, 0.15) is 13.3 Å². The molecule has 0 unspecified atom stereocenters. The Labute approximate surface area is 116 Å². The van der Waals surface area contributed by atoms with Gasteiger partial charge in [-0.1, -0.05) is 30.4 Å². The molecule has 19 heavy (non-hydrogen) atoms. The van der Waals surface area contributed by atoms with Gasteiger partial charge >= 0.3 is 0 Å². The van der Waals surface area contributed by atoms with Crippen LogP contribution in [0.4, 0.5) is 5.13 Å². The molecule has 1 N–H and O–H groups in total. The van der Waals surface area contributed by atoms with Gasteiger partial charge in [-0.15, -0.1) is 0 Å². The number of carbonyl (C=O) groups is 1. The molecule has 0 atom stereocenters. The summed E-state index contributed by atoms with van der Waals surface area (Å²) >= 11 is 1.70. The number of thiazole rings is 1. The summed E-state index contributed by atoms with van der Waals surface area (Å²) in [5, 5.41) is 3.98. The molecule has 1 fully saturated rings. The molecule has 0 aliphatic carbocycles. The number of nitrogens with zero attached hydrogens (tertiary/aromatic N) is 2. The van der Waals surface area contributed by atoms with Crippen molar-refractivity contribution < 1.29 is 4.79 Å². The molecule has 2 aromatic rings. The molecular formula is C14H17N3OS. The van der Waals surface area contributed by atoms with E-state index >= 15 is 0 Å². The second-order valence-electron chi connectivity index (χ2n) is 4.86. The fraction of sp³-hybridized carbons (Fsp3) is 0.429. The van der Waals surface area contributed by atoms with E-state index < -0.39 is 0 Å². The van der Waals surface area contributed by atoms with Crippen LogP contribution in [0.3, 0.4) is 0 Å². The second-order valence-corrected chi connectivity index (χ2v) is 5.87. The van der Waals surface area contributed by atoms with Gasteiger partial charge in [-0.2, -0.15) is 0 Å². The molecule has 0 bridgehead atoms. The number of hydrogen-bond acceptors (Lipinski definition) is 4. The molecule has 1 aliphatic rings. The largest absolute Gasteiger partial charge is 0.356 e. The molecule has 4 nitrogen and oxygen atoms in total. The molecule has 1 saturated heterocycles. The highest BCUT2D eigenvalue weighted by Crippen LogP contribution is 2.32. The molecule has 0 saturated carbocycles. The molecule has 0 radical (unpaired) electrons. The summed E-state index contributed by atoms with van der Waals surface area (Å²) in [5.41, 5.74) is 1.04. The number of benzene rings is 1. The van der Waals surface area contributed by atoms with Gasteiger partial charge in [0.1, 0.15) is 0 Å². The lowest BCUT2D eigenvalue weighted by Gasteiger charge is -2.37. The van der Waals surface area contributed by atoms with Crippen molar-refractivity contribution in [3.05, 3.63) is 24.3 Å². The molecular weight excluding hydrogens is 258 g/mol. The summed E-state index contributed by atoms with van der Waals surface area (Å²) in [6.07, 6.45) is 0.986. The summed E-state index contributed by atoms with van der Waals surface area (Å²) in [6.45, 7) is 4.41. The van der Waals surface area contributed by atoms with Crippen LogP contribution in [-0.4, -0.2) is 30.5 Å². The third-order valence-electron chi connectivity index (χ3n) is 3.35. The Kier molecular flexibility index (Phi) is 3.38. The molecule has 1 amide bonds. The normalized spacial score (nSPS) is 15.5. The zero-order valence-electron chi connectivity index (χ0n) is 10.9. The van der Waals surface area contributed by atoms with Gasteiger partial charge in [0.05, 0.1) is 16.1 Å². The Morgan fingerprint density at radius 3 is 3.00 bits per heavy atom. The number of nitrogens with one attached hydrogen (secondary N) is 1. The van der Waals surface area contributed by atoms with Gasteiger partial charge in [0.25, 0.3) is 0 Å². The van der Waals surface area contributed by atoms with E-state index in [9.17, 15) is 4.79 Å². The summed E-state index contributed by atoms with van der Waals surface area (Å²) < 4.78 is 1.20. The van der Waals surface area contributed by atoms with Gasteiger partial charge < -0.3 is 10.2 Å². The van der Waals surface area contributed by atoms with E-state index in [1.807, 2.05) is 18.2 Å². The van der Waals surface area contributed by atoms with E-state index in [4.69, 9.17) is 0 Å². The van der Waals surface area contributed by atoms with Gasteiger partial charge in [0.2, 0.25) is 5.91 Å². The predicted octanol–water partition coefficient (Wildman–Crippen LogP) is 2.26. The van der Waals surface area contributed by atoms with Crippen molar-refractivity contribution in [1.29, 1.82) is 0 Å². The van der Waals surface area contributed by atoms with Crippen molar-refractivity contribution in [2.75, 3.05) is 24.5 Å². The number of amides is 1. The quantitative estimate of drug-likeness (QED) is 0.931. The van der Waals surface area contributed by atoms with Crippen molar-refractivity contribution in [3.63, 3.8) is 0 Å². The average Bonchev–Trinajstić information content (AvgIpc) is 2.77. The first-order valence-electron chi connectivity index (χ1n) is 6.66. The first-order valence-corrected chi connectivity index (χ1v) is 7.48. The van der Waals surface area contributed by atoms with Gasteiger partial charge in [0, 0.05) is 19.6 Å². The summed E-state index contributed by atoms with van der Waals surface area (Å²) in [5.74, 6) is 0.303. The lowest BCUT2D eigenvalue weighted by atomic mass is 10.0. The molecule has 3 rings (SSSR count). The molecule has 2 heterocycles. The number of rotatable bonds is 4. The van der Waals surface area contributed by atoms with Crippen LogP contribution in [0.25, 0.3) is 10.2 Å². The number of fused-ring (bicyclic) bond motifs is 1. The maximum absolute atomic E-state index is 11.8. The van der Waals surface area contributed by atoms with Crippen LogP contribution in [0.2, 0.25) is 0 Å². The number of anilines is 1. The highest BCUT2D eigenvalue weighted by molar-refractivity contribution is 7.22. The monoisotopic (exact) mass is 275 g/mol. The van der Waals surface area contributed by atoms with E-state index in [0.717, 1.165) is 36.7 Å². The fourth-order valence-corrected chi connectivity index (χ4v) is 3.17. The number of hydrogen-bond donors (Lipinski definition) is 1. The Morgan fingerprint density at radius 2 is 2.26 bits per heavy atom. The SMILES string of the molecule is CCCNC(=O)C1CN(c2nc3ccccc3s2)C1. The molecule has 1 aliphatic heterocycles. The first kappa shape index (κ1) is 12.4. The summed E-state index contributed by atoms with van der Waals surface area (Å²) in [6, 6.07) is 8.15. The molecule has 1 aromatic carbocycles. The fourth-order valence-electron chi connectivity index (χ4n) is 2.19. The van der Waals surface area contributed by atoms with E-state index in [1.165, 1.54) is 4.70 Å². The Balaban J connectivity index is 1.62. The average molecular weight is 275 g/mol. The Morgan fingerprint density at radius 1 is 1.47 bits per heavy atom. The molecule has 1 aromatic heterocycles. The standard InChI is InChI=1S/C14H17N3OS/c1-2-7-15-13(18)10-8-17(9-10)14-16-11-5-3-4-6-12(11)19-14/h3-6,10H,2,7-9H2,1H3,(H,15,18). The van der Waals surface area contributed by atoms with E-state index in [1.54, 1.807) is 11.3 Å². The maximum atomic E-state index is 11.8. The van der Waals surface area contributed by atoms with Crippen LogP contribution in [0.15, 0.2) is 24.3 Å². The van der Waals surface area contributed by atoms with E-state index in [-0.39, 0.29) is 11.8 Å². The Hall–Kier alpha value is -1.62. The molecule has 0 spiro atoms. The number of carbonyl (C=O) groups excluding carboxylic acids is 1. The van der Waals surface area contributed by atoms with Crippen LogP contribution in [0.5, 0.6) is 0 Å². The van der Waals surface area contributed by atoms with Crippen LogP contribution in [0, 0.1) is 5.92 Å². The van der Waals surface area contributed by atoms with Crippen molar-refractivity contribution in [2.45, 2.75) is 13.3 Å². The highest BCUT2D eigenvalue weighted by Gasteiger charge is 2.34. The van der Waals surface area contributed by atoms with Crippen LogP contribution < -0.4 is 10.2 Å². The smallest absolute Gasteiger partial charge is 0.226 e. The second kappa shape index (κ2) is 5.17. The minimum absolute atomic E-state index is 0.124. The van der Waals surface area contributed by atoms with Gasteiger partial charge in [0.15, 0.2) is 5.13 Å².